The largest absolute Gasteiger partial charge is 0.494 e. The van der Waals surface area contributed by atoms with Crippen LogP contribution in [0.5, 0.6) is 5.75 Å². The maximum absolute atomic E-state index is 13.3. The first kappa shape index (κ1) is 22.3. The van der Waals surface area contributed by atoms with Crippen LogP contribution in [0.3, 0.4) is 0 Å². The summed E-state index contributed by atoms with van der Waals surface area (Å²) in [5, 5.41) is 0. The predicted octanol–water partition coefficient (Wildman–Crippen LogP) is 2.23. The van der Waals surface area contributed by atoms with Gasteiger partial charge in [-0.1, -0.05) is 19.1 Å². The monoisotopic (exact) mass is 415 g/mol. The standard InChI is InChI=1S/C23H33N3O4/c1-5-24-11-13-25(14-12-24)21-20(18-7-9-19(10-8-18)29-6-2)22(27)26(23(21)28)15-16-30-17(3)4/h7-10,17H,5-6,11-16H2,1-4H3. The summed E-state index contributed by atoms with van der Waals surface area (Å²) < 4.78 is 11.1. The second-order valence-electron chi connectivity index (χ2n) is 7.78. The van der Waals surface area contributed by atoms with Gasteiger partial charge in [-0.2, -0.15) is 0 Å². The van der Waals surface area contributed by atoms with Gasteiger partial charge in [-0.05, 0) is 45.0 Å². The molecule has 1 aromatic rings. The number of amides is 2. The van der Waals surface area contributed by atoms with E-state index in [1.807, 2.05) is 45.0 Å². The van der Waals surface area contributed by atoms with Crippen molar-refractivity contribution in [1.29, 1.82) is 0 Å². The maximum Gasteiger partial charge on any atom is 0.277 e. The van der Waals surface area contributed by atoms with Crippen molar-refractivity contribution in [2.75, 3.05) is 52.5 Å². The Balaban J connectivity index is 1.89. The van der Waals surface area contributed by atoms with E-state index in [0.717, 1.165) is 44.0 Å². The molecule has 0 aromatic heterocycles. The van der Waals surface area contributed by atoms with Gasteiger partial charge in [0, 0.05) is 26.2 Å². The molecule has 0 N–H and O–H groups in total. The molecular weight excluding hydrogens is 382 g/mol. The number of imide groups is 1. The highest BCUT2D eigenvalue weighted by molar-refractivity contribution is 6.35. The molecule has 164 valence electrons. The highest BCUT2D eigenvalue weighted by Gasteiger charge is 2.41. The van der Waals surface area contributed by atoms with Gasteiger partial charge in [-0.25, -0.2) is 0 Å². The zero-order valence-corrected chi connectivity index (χ0v) is 18.5. The summed E-state index contributed by atoms with van der Waals surface area (Å²) in [7, 11) is 0. The Morgan fingerprint density at radius 1 is 0.967 bits per heavy atom. The summed E-state index contributed by atoms with van der Waals surface area (Å²) in [4.78, 5) is 32.4. The predicted molar refractivity (Wildman–Crippen MR) is 116 cm³/mol. The number of hydrogen-bond donors (Lipinski definition) is 0. The van der Waals surface area contributed by atoms with E-state index in [-0.39, 0.29) is 24.5 Å². The molecule has 7 nitrogen and oxygen atoms in total. The van der Waals surface area contributed by atoms with Crippen molar-refractivity contribution in [1.82, 2.24) is 14.7 Å². The molecule has 2 aliphatic rings. The number of piperazine rings is 1. The van der Waals surface area contributed by atoms with Gasteiger partial charge in [0.15, 0.2) is 0 Å². The highest BCUT2D eigenvalue weighted by atomic mass is 16.5. The van der Waals surface area contributed by atoms with Gasteiger partial charge in [-0.3, -0.25) is 14.5 Å². The maximum atomic E-state index is 13.3. The summed E-state index contributed by atoms with van der Waals surface area (Å²) in [5.41, 5.74) is 1.75. The molecule has 1 aromatic carbocycles. The van der Waals surface area contributed by atoms with Crippen molar-refractivity contribution in [2.45, 2.75) is 33.8 Å². The van der Waals surface area contributed by atoms with Gasteiger partial charge in [0.25, 0.3) is 11.8 Å². The molecule has 1 fully saturated rings. The Kier molecular flexibility index (Phi) is 7.50. The number of ether oxygens (including phenoxy) is 2. The first-order valence-corrected chi connectivity index (χ1v) is 10.9. The molecule has 2 amide bonds. The Bertz CT molecular complexity index is 780. The van der Waals surface area contributed by atoms with Crippen molar-refractivity contribution in [2.24, 2.45) is 0 Å². The van der Waals surface area contributed by atoms with Gasteiger partial charge >= 0.3 is 0 Å². The molecule has 0 unspecified atom stereocenters. The molecule has 3 rings (SSSR count). The number of hydrogen-bond acceptors (Lipinski definition) is 6. The first-order valence-electron chi connectivity index (χ1n) is 10.9. The lowest BCUT2D eigenvalue weighted by molar-refractivity contribution is -0.138. The van der Waals surface area contributed by atoms with Crippen LogP contribution in [0.1, 0.15) is 33.3 Å². The molecule has 0 aliphatic carbocycles. The highest BCUT2D eigenvalue weighted by Crippen LogP contribution is 2.33. The number of carbonyl (C=O) groups excluding carboxylic acids is 2. The average Bonchev–Trinajstić information content (AvgIpc) is 2.99. The fourth-order valence-electron chi connectivity index (χ4n) is 3.87. The lowest BCUT2D eigenvalue weighted by Crippen LogP contribution is -2.47. The van der Waals surface area contributed by atoms with Gasteiger partial charge in [0.05, 0.1) is 31.4 Å². The zero-order valence-electron chi connectivity index (χ0n) is 18.5. The summed E-state index contributed by atoms with van der Waals surface area (Å²) in [6, 6.07) is 7.42. The Morgan fingerprint density at radius 3 is 2.20 bits per heavy atom. The minimum atomic E-state index is -0.246. The summed E-state index contributed by atoms with van der Waals surface area (Å²) in [6.07, 6.45) is 0.0536. The lowest BCUT2D eigenvalue weighted by atomic mass is 10.0. The van der Waals surface area contributed by atoms with Crippen LogP contribution in [0.4, 0.5) is 0 Å². The van der Waals surface area contributed by atoms with E-state index >= 15 is 0 Å². The summed E-state index contributed by atoms with van der Waals surface area (Å²) in [5.74, 6) is 0.282. The van der Waals surface area contributed by atoms with Gasteiger partial charge < -0.3 is 19.3 Å². The number of rotatable bonds is 9. The van der Waals surface area contributed by atoms with Gasteiger partial charge in [-0.15, -0.1) is 0 Å². The number of benzene rings is 1. The second-order valence-corrected chi connectivity index (χ2v) is 7.78. The third-order valence-corrected chi connectivity index (χ3v) is 5.50. The van der Waals surface area contributed by atoms with E-state index < -0.39 is 0 Å². The van der Waals surface area contributed by atoms with E-state index in [1.165, 1.54) is 4.90 Å². The van der Waals surface area contributed by atoms with Crippen molar-refractivity contribution in [3.63, 3.8) is 0 Å². The third-order valence-electron chi connectivity index (χ3n) is 5.50. The van der Waals surface area contributed by atoms with Crippen LogP contribution in [0, 0.1) is 0 Å². The molecule has 0 atom stereocenters. The van der Waals surface area contributed by atoms with Crippen LogP contribution in [0.25, 0.3) is 5.57 Å². The fraction of sp³-hybridized carbons (Fsp3) is 0.565. The van der Waals surface area contributed by atoms with Crippen molar-refractivity contribution >= 4 is 17.4 Å². The van der Waals surface area contributed by atoms with Crippen LogP contribution in [-0.4, -0.2) is 85.1 Å². The number of nitrogens with zero attached hydrogens (tertiary/aromatic N) is 3. The van der Waals surface area contributed by atoms with Crippen LogP contribution in [-0.2, 0) is 14.3 Å². The van der Waals surface area contributed by atoms with Crippen molar-refractivity contribution < 1.29 is 19.1 Å². The summed E-state index contributed by atoms with van der Waals surface area (Å²) >= 11 is 0. The minimum Gasteiger partial charge on any atom is -0.494 e. The van der Waals surface area contributed by atoms with Crippen LogP contribution in [0.15, 0.2) is 30.0 Å². The van der Waals surface area contributed by atoms with Crippen LogP contribution in [0.2, 0.25) is 0 Å². The molecule has 0 saturated carbocycles. The smallest absolute Gasteiger partial charge is 0.277 e. The molecule has 7 heteroatoms. The SMILES string of the molecule is CCOc1ccc(C2=C(N3CCN(CC)CC3)C(=O)N(CCOC(C)C)C2=O)cc1. The Morgan fingerprint density at radius 2 is 1.63 bits per heavy atom. The Labute approximate surface area is 179 Å². The normalized spacial score (nSPS) is 18.2. The number of carbonyl (C=O) groups is 2. The lowest BCUT2D eigenvalue weighted by Gasteiger charge is -2.36. The van der Waals surface area contributed by atoms with Gasteiger partial charge in [0.1, 0.15) is 11.4 Å². The molecule has 0 radical (unpaired) electrons. The van der Waals surface area contributed by atoms with Crippen LogP contribution < -0.4 is 4.74 Å². The van der Waals surface area contributed by atoms with E-state index in [9.17, 15) is 9.59 Å². The van der Waals surface area contributed by atoms with Crippen LogP contribution >= 0.6 is 0 Å². The van der Waals surface area contributed by atoms with E-state index in [0.29, 0.717) is 24.5 Å². The third kappa shape index (κ3) is 4.84. The van der Waals surface area contributed by atoms with Crippen molar-refractivity contribution in [3.8, 4) is 5.75 Å². The molecule has 30 heavy (non-hydrogen) atoms. The zero-order chi connectivity index (χ0) is 21.7. The second kappa shape index (κ2) is 10.1. The minimum absolute atomic E-state index is 0.0536. The molecule has 0 bridgehead atoms. The van der Waals surface area contributed by atoms with E-state index in [4.69, 9.17) is 9.47 Å². The molecular formula is C23H33N3O4. The fourth-order valence-corrected chi connectivity index (χ4v) is 3.87. The topological polar surface area (TPSA) is 62.3 Å². The number of likely N-dealkylation sites (N-methyl/N-ethyl adjacent to an activating group) is 1. The molecule has 2 aliphatic heterocycles. The molecule has 0 spiro atoms. The van der Waals surface area contributed by atoms with Gasteiger partial charge in [0.2, 0.25) is 0 Å². The van der Waals surface area contributed by atoms with Crippen molar-refractivity contribution in [3.05, 3.63) is 35.5 Å². The van der Waals surface area contributed by atoms with E-state index in [1.54, 1.807) is 0 Å². The molecule has 2 heterocycles. The Hall–Kier alpha value is -2.38. The average molecular weight is 416 g/mol. The summed E-state index contributed by atoms with van der Waals surface area (Å²) in [6.45, 7) is 13.4. The van der Waals surface area contributed by atoms with E-state index in [2.05, 4.69) is 16.7 Å². The quantitative estimate of drug-likeness (QED) is 0.577. The first-order chi connectivity index (χ1) is 14.5. The molecule has 1 saturated heterocycles.